The van der Waals surface area contributed by atoms with Gasteiger partial charge in [-0.2, -0.15) is 4.31 Å². The van der Waals surface area contributed by atoms with Gasteiger partial charge in [-0.15, -0.1) is 11.3 Å². The Balaban J connectivity index is 1.38. The second-order valence-electron chi connectivity index (χ2n) is 8.85. The van der Waals surface area contributed by atoms with Gasteiger partial charge in [-0.25, -0.2) is 22.8 Å². The Kier molecular flexibility index (Phi) is 7.36. The lowest BCUT2D eigenvalue weighted by Gasteiger charge is -2.35. The number of carbonyl (C=O) groups is 1. The molecule has 2 N–H and O–H groups in total. The lowest BCUT2D eigenvalue weighted by molar-refractivity contribution is -0.114. The highest BCUT2D eigenvalue weighted by molar-refractivity contribution is 7.89. The molecule has 3 heterocycles. The minimum Gasteiger partial charge on any atom is -0.365 e. The summed E-state index contributed by atoms with van der Waals surface area (Å²) in [6.07, 6.45) is 1.56. The zero-order chi connectivity index (χ0) is 25.3. The van der Waals surface area contributed by atoms with Crippen LogP contribution in [0.1, 0.15) is 25.0 Å². The molecule has 12 heteroatoms. The van der Waals surface area contributed by atoms with Crippen LogP contribution in [0.5, 0.6) is 0 Å². The normalized spacial score (nSPS) is 16.4. The number of benzene rings is 1. The monoisotopic (exact) mass is 520 g/mol. The molecule has 1 amide bonds. The Morgan fingerprint density at radius 3 is 2.57 bits per heavy atom. The van der Waals surface area contributed by atoms with Crippen molar-refractivity contribution in [1.29, 1.82) is 0 Å². The fourth-order valence-electron chi connectivity index (χ4n) is 4.21. The van der Waals surface area contributed by atoms with Crippen molar-refractivity contribution in [3.05, 3.63) is 40.8 Å². The Labute approximate surface area is 208 Å². The number of aryl methyl sites for hydroxylation is 2. The standard InChI is InChI=1S/C23H29FN6O3S2/c1-14-9-20(18(24)10-19(14)28-17(4)31)35(32,33)30-7-5-29(6-8-30)11-16(3)27-23-22-21(25-13-26-23)15(2)12-34-22/h9-10,12-13,16H,5-8,11H2,1-4H3,(H,28,31)(H,25,26,27). The van der Waals surface area contributed by atoms with Crippen LogP contribution in [0, 0.1) is 19.7 Å². The number of nitrogens with one attached hydrogen (secondary N) is 2. The van der Waals surface area contributed by atoms with Gasteiger partial charge >= 0.3 is 0 Å². The lowest BCUT2D eigenvalue weighted by atomic mass is 10.2. The summed E-state index contributed by atoms with van der Waals surface area (Å²) < 4.78 is 43.3. The predicted molar refractivity (Wildman–Crippen MR) is 136 cm³/mol. The van der Waals surface area contributed by atoms with E-state index in [9.17, 15) is 17.6 Å². The summed E-state index contributed by atoms with van der Waals surface area (Å²) in [4.78, 5) is 21.9. The molecule has 9 nitrogen and oxygen atoms in total. The maximum Gasteiger partial charge on any atom is 0.246 e. The van der Waals surface area contributed by atoms with E-state index in [1.165, 1.54) is 17.3 Å². The molecular weight excluding hydrogens is 491 g/mol. The summed E-state index contributed by atoms with van der Waals surface area (Å²) in [5, 5.41) is 8.03. The number of sulfonamides is 1. The number of anilines is 2. The highest BCUT2D eigenvalue weighted by Gasteiger charge is 2.31. The van der Waals surface area contributed by atoms with E-state index in [0.717, 1.165) is 27.7 Å². The van der Waals surface area contributed by atoms with Crippen LogP contribution in [0.4, 0.5) is 15.9 Å². The van der Waals surface area contributed by atoms with Gasteiger partial charge in [0, 0.05) is 51.4 Å². The van der Waals surface area contributed by atoms with Gasteiger partial charge in [-0.05, 0) is 49.4 Å². The van der Waals surface area contributed by atoms with E-state index in [1.807, 2.05) is 6.92 Å². The van der Waals surface area contributed by atoms with Crippen molar-refractivity contribution in [3.8, 4) is 0 Å². The van der Waals surface area contributed by atoms with Crippen molar-refractivity contribution >= 4 is 49.0 Å². The van der Waals surface area contributed by atoms with E-state index in [-0.39, 0.29) is 35.6 Å². The third-order valence-corrected chi connectivity index (χ3v) is 8.99. The van der Waals surface area contributed by atoms with Crippen molar-refractivity contribution < 1.29 is 17.6 Å². The van der Waals surface area contributed by atoms with Gasteiger partial charge in [0.2, 0.25) is 15.9 Å². The average molecular weight is 521 g/mol. The third kappa shape index (κ3) is 5.45. The van der Waals surface area contributed by atoms with Crippen molar-refractivity contribution in [2.75, 3.05) is 43.4 Å². The summed E-state index contributed by atoms with van der Waals surface area (Å²) in [6.45, 7) is 9.35. The number of hydrogen-bond acceptors (Lipinski definition) is 8. The van der Waals surface area contributed by atoms with E-state index < -0.39 is 15.8 Å². The molecule has 1 aliphatic heterocycles. The van der Waals surface area contributed by atoms with E-state index in [2.05, 4.69) is 37.8 Å². The Morgan fingerprint density at radius 1 is 1.17 bits per heavy atom. The molecule has 0 radical (unpaired) electrons. The Bertz CT molecular complexity index is 1350. The second kappa shape index (κ2) is 10.1. The van der Waals surface area contributed by atoms with Gasteiger partial charge in [0.05, 0.1) is 10.2 Å². The molecule has 0 spiro atoms. The fraction of sp³-hybridized carbons (Fsp3) is 0.435. The highest BCUT2D eigenvalue weighted by atomic mass is 32.2. The van der Waals surface area contributed by atoms with E-state index in [4.69, 9.17) is 0 Å². The van der Waals surface area contributed by atoms with Crippen LogP contribution >= 0.6 is 11.3 Å². The molecule has 0 aliphatic carbocycles. The van der Waals surface area contributed by atoms with E-state index >= 15 is 0 Å². The van der Waals surface area contributed by atoms with Crippen molar-refractivity contribution in [2.45, 2.75) is 38.6 Å². The molecule has 1 atom stereocenters. The van der Waals surface area contributed by atoms with Gasteiger partial charge in [-0.1, -0.05) is 0 Å². The third-order valence-electron chi connectivity index (χ3n) is 5.98. The fourth-order valence-corrected chi connectivity index (χ4v) is 6.72. The van der Waals surface area contributed by atoms with Gasteiger partial charge < -0.3 is 10.6 Å². The number of aromatic nitrogens is 2. The van der Waals surface area contributed by atoms with Crippen LogP contribution in [0.15, 0.2) is 28.7 Å². The van der Waals surface area contributed by atoms with E-state index in [1.54, 1.807) is 24.6 Å². The summed E-state index contributed by atoms with van der Waals surface area (Å²) in [7, 11) is -4.00. The first-order valence-electron chi connectivity index (χ1n) is 11.3. The maximum atomic E-state index is 14.7. The SMILES string of the molecule is CC(=O)Nc1cc(F)c(S(=O)(=O)N2CCN(CC(C)Nc3ncnc4c(C)csc34)CC2)cc1C. The minimum atomic E-state index is -4.00. The van der Waals surface area contributed by atoms with Gasteiger partial charge in [0.25, 0.3) is 0 Å². The molecule has 4 rings (SSSR count). The smallest absolute Gasteiger partial charge is 0.246 e. The molecule has 2 aromatic heterocycles. The van der Waals surface area contributed by atoms with Crippen LogP contribution in [-0.4, -0.2) is 72.3 Å². The predicted octanol–water partition coefficient (Wildman–Crippen LogP) is 3.21. The van der Waals surface area contributed by atoms with Crippen LogP contribution in [0.2, 0.25) is 0 Å². The van der Waals surface area contributed by atoms with Gasteiger partial charge in [-0.3, -0.25) is 9.69 Å². The van der Waals surface area contributed by atoms with E-state index in [0.29, 0.717) is 25.2 Å². The first-order valence-corrected chi connectivity index (χ1v) is 13.6. The first kappa shape index (κ1) is 25.4. The largest absolute Gasteiger partial charge is 0.365 e. The number of amides is 1. The summed E-state index contributed by atoms with van der Waals surface area (Å²) in [5.74, 6) is -0.424. The quantitative estimate of drug-likeness (QED) is 0.493. The number of halogens is 1. The lowest BCUT2D eigenvalue weighted by Crippen LogP contribution is -2.50. The molecule has 1 aromatic carbocycles. The molecule has 0 saturated carbocycles. The molecule has 0 bridgehead atoms. The molecule has 188 valence electrons. The van der Waals surface area contributed by atoms with Crippen LogP contribution in [-0.2, 0) is 14.8 Å². The van der Waals surface area contributed by atoms with Crippen molar-refractivity contribution in [2.24, 2.45) is 0 Å². The molecular formula is C23H29FN6O3S2. The highest BCUT2D eigenvalue weighted by Crippen LogP contribution is 2.29. The summed E-state index contributed by atoms with van der Waals surface area (Å²) in [6, 6.07) is 2.43. The number of rotatable bonds is 7. The molecule has 1 saturated heterocycles. The van der Waals surface area contributed by atoms with Crippen molar-refractivity contribution in [3.63, 3.8) is 0 Å². The minimum absolute atomic E-state index is 0.0834. The molecule has 1 fully saturated rings. The van der Waals surface area contributed by atoms with Crippen molar-refractivity contribution in [1.82, 2.24) is 19.2 Å². The van der Waals surface area contributed by atoms with Gasteiger partial charge in [0.1, 0.15) is 22.9 Å². The Hall–Kier alpha value is -2.67. The zero-order valence-corrected chi connectivity index (χ0v) is 21.8. The zero-order valence-electron chi connectivity index (χ0n) is 20.1. The number of fused-ring (bicyclic) bond motifs is 1. The van der Waals surface area contributed by atoms with Crippen LogP contribution < -0.4 is 10.6 Å². The number of thiophene rings is 1. The maximum absolute atomic E-state index is 14.7. The van der Waals surface area contributed by atoms with Crippen LogP contribution in [0.3, 0.4) is 0 Å². The Morgan fingerprint density at radius 2 is 1.89 bits per heavy atom. The molecule has 3 aromatic rings. The summed E-state index contributed by atoms with van der Waals surface area (Å²) in [5.41, 5.74) is 2.82. The molecule has 35 heavy (non-hydrogen) atoms. The number of carbonyl (C=O) groups excluding carboxylic acids is 1. The first-order chi connectivity index (χ1) is 16.6. The second-order valence-corrected chi connectivity index (χ2v) is 11.6. The topological polar surface area (TPSA) is 108 Å². The summed E-state index contributed by atoms with van der Waals surface area (Å²) >= 11 is 1.61. The van der Waals surface area contributed by atoms with Crippen LogP contribution in [0.25, 0.3) is 10.2 Å². The number of nitrogens with zero attached hydrogens (tertiary/aromatic N) is 4. The number of hydrogen-bond donors (Lipinski definition) is 2. The molecule has 1 aliphatic rings. The van der Waals surface area contributed by atoms with Gasteiger partial charge in [0.15, 0.2) is 0 Å². The molecule has 1 unspecified atom stereocenters. The average Bonchev–Trinajstić information content (AvgIpc) is 3.18. The number of piperazine rings is 1.